The average Bonchev–Trinajstić information content (AvgIpc) is 2.54. The van der Waals surface area contributed by atoms with Crippen molar-refractivity contribution in [1.82, 2.24) is 5.32 Å². The molecule has 1 heterocycles. The highest BCUT2D eigenvalue weighted by atomic mass is 32.2. The SMILES string of the molecule is CCNC(=O)C1COCCN1c1cccc(SC)c1CN. The van der Waals surface area contributed by atoms with E-state index < -0.39 is 0 Å². The number of nitrogens with two attached hydrogens (primary N) is 1. The zero-order valence-corrected chi connectivity index (χ0v) is 13.4. The maximum absolute atomic E-state index is 12.3. The van der Waals surface area contributed by atoms with Crippen LogP contribution in [0.2, 0.25) is 0 Å². The first kappa shape index (κ1) is 16.1. The van der Waals surface area contributed by atoms with Crippen LogP contribution in [0, 0.1) is 0 Å². The van der Waals surface area contributed by atoms with Gasteiger partial charge in [-0.3, -0.25) is 4.79 Å². The van der Waals surface area contributed by atoms with Crippen molar-refractivity contribution in [3.8, 4) is 0 Å². The molecule has 0 aliphatic carbocycles. The van der Waals surface area contributed by atoms with Gasteiger partial charge in [0, 0.05) is 35.8 Å². The van der Waals surface area contributed by atoms with E-state index in [2.05, 4.69) is 16.3 Å². The molecule has 3 N–H and O–H groups in total. The van der Waals surface area contributed by atoms with Gasteiger partial charge in [0.1, 0.15) is 6.04 Å². The van der Waals surface area contributed by atoms with Crippen LogP contribution in [0.1, 0.15) is 12.5 Å². The highest BCUT2D eigenvalue weighted by molar-refractivity contribution is 7.98. The van der Waals surface area contributed by atoms with Crippen LogP contribution in [-0.2, 0) is 16.1 Å². The first-order valence-electron chi connectivity index (χ1n) is 7.21. The zero-order valence-electron chi connectivity index (χ0n) is 12.6. The predicted octanol–water partition coefficient (Wildman–Crippen LogP) is 1.21. The normalized spacial score (nSPS) is 18.6. The van der Waals surface area contributed by atoms with Crippen molar-refractivity contribution < 1.29 is 9.53 Å². The lowest BCUT2D eigenvalue weighted by atomic mass is 10.1. The number of carbonyl (C=O) groups is 1. The van der Waals surface area contributed by atoms with Gasteiger partial charge in [-0.2, -0.15) is 0 Å². The molecule has 0 aromatic heterocycles. The molecule has 21 heavy (non-hydrogen) atoms. The van der Waals surface area contributed by atoms with Gasteiger partial charge >= 0.3 is 0 Å². The summed E-state index contributed by atoms with van der Waals surface area (Å²) in [5, 5.41) is 2.88. The number of hydrogen-bond acceptors (Lipinski definition) is 5. The van der Waals surface area contributed by atoms with E-state index in [-0.39, 0.29) is 11.9 Å². The van der Waals surface area contributed by atoms with Crippen LogP contribution in [0.3, 0.4) is 0 Å². The zero-order chi connectivity index (χ0) is 15.2. The highest BCUT2D eigenvalue weighted by Gasteiger charge is 2.30. The fourth-order valence-electron chi connectivity index (χ4n) is 2.62. The van der Waals surface area contributed by atoms with Crippen molar-refractivity contribution >= 4 is 23.4 Å². The lowest BCUT2D eigenvalue weighted by Gasteiger charge is -2.37. The molecule has 1 aliphatic rings. The molecule has 1 aromatic carbocycles. The molecule has 5 nitrogen and oxygen atoms in total. The topological polar surface area (TPSA) is 67.6 Å². The number of hydrogen-bond donors (Lipinski definition) is 2. The Bertz CT molecular complexity index is 496. The largest absolute Gasteiger partial charge is 0.377 e. The van der Waals surface area contributed by atoms with Crippen LogP contribution >= 0.6 is 11.8 Å². The first-order chi connectivity index (χ1) is 10.2. The number of benzene rings is 1. The Morgan fingerprint density at radius 3 is 3.05 bits per heavy atom. The van der Waals surface area contributed by atoms with Gasteiger partial charge in [-0.05, 0) is 25.3 Å². The van der Waals surface area contributed by atoms with Gasteiger partial charge in [-0.25, -0.2) is 0 Å². The van der Waals surface area contributed by atoms with Crippen LogP contribution in [0.15, 0.2) is 23.1 Å². The number of rotatable bonds is 5. The quantitative estimate of drug-likeness (QED) is 0.800. The van der Waals surface area contributed by atoms with E-state index in [9.17, 15) is 4.79 Å². The molecule has 1 aliphatic heterocycles. The minimum atomic E-state index is -0.291. The molecule has 1 amide bonds. The van der Waals surface area contributed by atoms with Crippen LogP contribution in [0.25, 0.3) is 0 Å². The summed E-state index contributed by atoms with van der Waals surface area (Å²) in [5.41, 5.74) is 8.09. The molecule has 1 unspecified atom stereocenters. The summed E-state index contributed by atoms with van der Waals surface area (Å²) >= 11 is 1.68. The van der Waals surface area contributed by atoms with Gasteiger partial charge in [-0.15, -0.1) is 11.8 Å². The monoisotopic (exact) mass is 309 g/mol. The Balaban J connectivity index is 2.35. The summed E-state index contributed by atoms with van der Waals surface area (Å²) in [5.74, 6) is 0.00901. The molecule has 0 spiro atoms. The van der Waals surface area contributed by atoms with E-state index in [1.165, 1.54) is 0 Å². The third kappa shape index (κ3) is 3.51. The summed E-state index contributed by atoms with van der Waals surface area (Å²) < 4.78 is 5.49. The van der Waals surface area contributed by atoms with Crippen molar-refractivity contribution in [3.05, 3.63) is 23.8 Å². The van der Waals surface area contributed by atoms with Crippen molar-refractivity contribution in [2.24, 2.45) is 5.73 Å². The van der Waals surface area contributed by atoms with Gasteiger partial charge < -0.3 is 20.7 Å². The number of likely N-dealkylation sites (N-methyl/N-ethyl adjacent to an activating group) is 1. The summed E-state index contributed by atoms with van der Waals surface area (Å²) in [7, 11) is 0. The smallest absolute Gasteiger partial charge is 0.245 e. The fourth-order valence-corrected chi connectivity index (χ4v) is 3.27. The standard InChI is InChI=1S/C15H23N3O2S/c1-3-17-15(19)13-10-20-8-7-18(13)12-5-4-6-14(21-2)11(12)9-16/h4-6,13H,3,7-10,16H2,1-2H3,(H,17,19). The number of carbonyl (C=O) groups excluding carboxylic acids is 1. The van der Waals surface area contributed by atoms with E-state index in [0.717, 1.165) is 16.1 Å². The van der Waals surface area contributed by atoms with Gasteiger partial charge in [-0.1, -0.05) is 6.07 Å². The van der Waals surface area contributed by atoms with Crippen molar-refractivity contribution in [3.63, 3.8) is 0 Å². The molecule has 1 atom stereocenters. The first-order valence-corrected chi connectivity index (χ1v) is 8.43. The van der Waals surface area contributed by atoms with Crippen molar-refractivity contribution in [2.75, 3.05) is 37.5 Å². The number of anilines is 1. The van der Waals surface area contributed by atoms with Crippen LogP contribution in [0.4, 0.5) is 5.69 Å². The third-order valence-electron chi connectivity index (χ3n) is 3.62. The van der Waals surface area contributed by atoms with Crippen LogP contribution < -0.4 is 16.0 Å². The number of amides is 1. The predicted molar refractivity (Wildman–Crippen MR) is 86.8 cm³/mol. The maximum atomic E-state index is 12.3. The molecule has 0 bridgehead atoms. The fraction of sp³-hybridized carbons (Fsp3) is 0.533. The number of morpholine rings is 1. The summed E-state index contributed by atoms with van der Waals surface area (Å²) in [6.07, 6.45) is 2.04. The Morgan fingerprint density at radius 1 is 1.57 bits per heavy atom. The molecule has 116 valence electrons. The molecule has 1 fully saturated rings. The maximum Gasteiger partial charge on any atom is 0.245 e. The van der Waals surface area contributed by atoms with Crippen molar-refractivity contribution in [2.45, 2.75) is 24.4 Å². The van der Waals surface area contributed by atoms with Gasteiger partial charge in [0.15, 0.2) is 0 Å². The number of ether oxygens (including phenoxy) is 1. The Kier molecular flexibility index (Phi) is 5.90. The van der Waals surface area contributed by atoms with E-state index >= 15 is 0 Å². The Hall–Kier alpha value is -1.24. The summed E-state index contributed by atoms with van der Waals surface area (Å²) in [6, 6.07) is 5.84. The van der Waals surface area contributed by atoms with Gasteiger partial charge in [0.2, 0.25) is 5.91 Å². The highest BCUT2D eigenvalue weighted by Crippen LogP contribution is 2.31. The van der Waals surface area contributed by atoms with Crippen LogP contribution in [-0.4, -0.2) is 44.5 Å². The van der Waals surface area contributed by atoms with E-state index in [0.29, 0.717) is 32.8 Å². The lowest BCUT2D eigenvalue weighted by Crippen LogP contribution is -2.54. The molecular formula is C15H23N3O2S. The van der Waals surface area contributed by atoms with Gasteiger partial charge in [0.05, 0.1) is 13.2 Å². The number of nitrogens with zero attached hydrogens (tertiary/aromatic N) is 1. The average molecular weight is 309 g/mol. The second-order valence-corrected chi connectivity index (χ2v) is 5.69. The Labute approximate surface area is 130 Å². The summed E-state index contributed by atoms with van der Waals surface area (Å²) in [6.45, 7) is 4.75. The van der Waals surface area contributed by atoms with Crippen molar-refractivity contribution in [1.29, 1.82) is 0 Å². The summed E-state index contributed by atoms with van der Waals surface area (Å²) in [4.78, 5) is 15.6. The molecule has 1 aromatic rings. The minimum Gasteiger partial charge on any atom is -0.377 e. The number of thioether (sulfide) groups is 1. The van der Waals surface area contributed by atoms with E-state index in [1.807, 2.05) is 25.3 Å². The Morgan fingerprint density at radius 2 is 2.38 bits per heavy atom. The lowest BCUT2D eigenvalue weighted by molar-refractivity contribution is -0.124. The minimum absolute atomic E-state index is 0.00901. The van der Waals surface area contributed by atoms with E-state index in [4.69, 9.17) is 10.5 Å². The molecule has 0 saturated carbocycles. The van der Waals surface area contributed by atoms with E-state index in [1.54, 1.807) is 11.8 Å². The molecule has 2 rings (SSSR count). The molecule has 1 saturated heterocycles. The second-order valence-electron chi connectivity index (χ2n) is 4.84. The molecular weight excluding hydrogens is 286 g/mol. The molecule has 0 radical (unpaired) electrons. The third-order valence-corrected chi connectivity index (χ3v) is 4.45. The van der Waals surface area contributed by atoms with Crippen LogP contribution in [0.5, 0.6) is 0 Å². The number of nitrogens with one attached hydrogen (secondary N) is 1. The van der Waals surface area contributed by atoms with Gasteiger partial charge in [0.25, 0.3) is 0 Å². The molecule has 6 heteroatoms. The second kappa shape index (κ2) is 7.68.